The zero-order valence-corrected chi connectivity index (χ0v) is 15.7. The number of amides is 2. The first-order valence-electron chi connectivity index (χ1n) is 9.06. The number of carbonyl (C=O) groups is 2. The first-order chi connectivity index (χ1) is 12.5. The Bertz CT molecular complexity index is 618. The quantitative estimate of drug-likeness (QED) is 0.739. The number of benzene rings is 1. The van der Waals surface area contributed by atoms with Crippen LogP contribution in [0, 0.1) is 5.92 Å². The summed E-state index contributed by atoms with van der Waals surface area (Å²) in [6.07, 6.45) is 0.535. The van der Waals surface area contributed by atoms with E-state index in [1.807, 2.05) is 18.2 Å². The molecule has 2 N–H and O–H groups in total. The fraction of sp³-hybridized carbons (Fsp3) is 0.579. The van der Waals surface area contributed by atoms with Crippen molar-refractivity contribution < 1.29 is 23.8 Å². The molecule has 0 aromatic heterocycles. The minimum atomic E-state index is -0.459. The van der Waals surface area contributed by atoms with E-state index in [0.29, 0.717) is 43.8 Å². The second-order valence-corrected chi connectivity index (χ2v) is 6.65. The van der Waals surface area contributed by atoms with Gasteiger partial charge in [-0.3, -0.25) is 4.79 Å². The van der Waals surface area contributed by atoms with Crippen LogP contribution in [0.25, 0.3) is 0 Å². The minimum Gasteiger partial charge on any atom is -0.486 e. The predicted molar refractivity (Wildman–Crippen MR) is 97.5 cm³/mol. The van der Waals surface area contributed by atoms with Gasteiger partial charge in [-0.1, -0.05) is 19.9 Å². The molecular formula is C19H28N2O5. The van der Waals surface area contributed by atoms with Crippen LogP contribution >= 0.6 is 0 Å². The number of ether oxygens (including phenoxy) is 3. The molecule has 2 amide bonds. The van der Waals surface area contributed by atoms with E-state index < -0.39 is 6.09 Å². The Hall–Kier alpha value is -2.44. The average molecular weight is 364 g/mol. The maximum atomic E-state index is 12.3. The van der Waals surface area contributed by atoms with Crippen molar-refractivity contribution in [1.29, 1.82) is 0 Å². The zero-order chi connectivity index (χ0) is 18.9. The van der Waals surface area contributed by atoms with Crippen LogP contribution in [-0.2, 0) is 16.0 Å². The van der Waals surface area contributed by atoms with Crippen molar-refractivity contribution in [3.8, 4) is 11.5 Å². The first-order valence-corrected chi connectivity index (χ1v) is 9.06. The summed E-state index contributed by atoms with van der Waals surface area (Å²) in [4.78, 5) is 23.9. The second-order valence-electron chi connectivity index (χ2n) is 6.65. The van der Waals surface area contributed by atoms with Crippen LogP contribution in [0.1, 0.15) is 32.8 Å². The summed E-state index contributed by atoms with van der Waals surface area (Å²) in [6, 6.07) is 5.34. The van der Waals surface area contributed by atoms with Crippen LogP contribution in [0.15, 0.2) is 18.2 Å². The average Bonchev–Trinajstić information content (AvgIpc) is 2.59. The van der Waals surface area contributed by atoms with Crippen LogP contribution in [-0.4, -0.2) is 44.4 Å². The lowest BCUT2D eigenvalue weighted by atomic mass is 10.0. The van der Waals surface area contributed by atoms with Crippen LogP contribution in [0.5, 0.6) is 11.5 Å². The molecule has 1 atom stereocenters. The van der Waals surface area contributed by atoms with Crippen LogP contribution in [0.3, 0.4) is 0 Å². The molecule has 1 heterocycles. The Balaban J connectivity index is 1.85. The number of alkyl carbamates (subject to hydrolysis) is 1. The van der Waals surface area contributed by atoms with E-state index in [-0.39, 0.29) is 18.4 Å². The Morgan fingerprint density at radius 3 is 2.62 bits per heavy atom. The summed E-state index contributed by atoms with van der Waals surface area (Å²) in [7, 11) is 0. The molecule has 0 aliphatic carbocycles. The molecule has 0 spiro atoms. The molecule has 7 heteroatoms. The third-order valence-electron chi connectivity index (χ3n) is 3.87. The predicted octanol–water partition coefficient (Wildman–Crippen LogP) is 2.28. The monoisotopic (exact) mass is 364 g/mol. The van der Waals surface area contributed by atoms with E-state index in [4.69, 9.17) is 14.2 Å². The highest BCUT2D eigenvalue weighted by atomic mass is 16.6. The molecule has 1 aromatic rings. The van der Waals surface area contributed by atoms with Gasteiger partial charge in [0.1, 0.15) is 13.2 Å². The third-order valence-corrected chi connectivity index (χ3v) is 3.87. The molecule has 7 nitrogen and oxygen atoms in total. The number of fused-ring (bicyclic) bond motifs is 1. The van der Waals surface area contributed by atoms with E-state index in [9.17, 15) is 9.59 Å². The topological polar surface area (TPSA) is 85.9 Å². The van der Waals surface area contributed by atoms with Gasteiger partial charge in [0.15, 0.2) is 11.5 Å². The lowest BCUT2D eigenvalue weighted by Gasteiger charge is -2.21. The molecule has 26 heavy (non-hydrogen) atoms. The highest BCUT2D eigenvalue weighted by molar-refractivity contribution is 5.79. The molecular weight excluding hydrogens is 336 g/mol. The maximum absolute atomic E-state index is 12.3. The molecule has 0 bridgehead atoms. The molecule has 0 saturated heterocycles. The van der Waals surface area contributed by atoms with Crippen molar-refractivity contribution in [2.75, 3.05) is 26.4 Å². The number of hydrogen-bond acceptors (Lipinski definition) is 5. The molecule has 1 aliphatic rings. The zero-order valence-electron chi connectivity index (χ0n) is 15.7. The molecule has 1 aliphatic heterocycles. The number of rotatable bonds is 8. The van der Waals surface area contributed by atoms with Crippen LogP contribution in [0.4, 0.5) is 4.79 Å². The van der Waals surface area contributed by atoms with Gasteiger partial charge >= 0.3 is 6.09 Å². The highest BCUT2D eigenvalue weighted by Gasteiger charge is 2.17. The molecule has 0 saturated carbocycles. The fourth-order valence-electron chi connectivity index (χ4n) is 2.78. The van der Waals surface area contributed by atoms with Gasteiger partial charge in [-0.2, -0.15) is 0 Å². The van der Waals surface area contributed by atoms with Crippen LogP contribution < -0.4 is 20.1 Å². The SMILES string of the molecule is CCOC(=O)NC(CNC(=O)Cc1ccc2c(c1)OCCO2)CC(C)C. The van der Waals surface area contributed by atoms with Gasteiger partial charge in [-0.05, 0) is 37.0 Å². The largest absolute Gasteiger partial charge is 0.486 e. The summed E-state index contributed by atoms with van der Waals surface area (Å²) >= 11 is 0. The Kier molecular flexibility index (Phi) is 7.56. The molecule has 144 valence electrons. The Labute approximate surface area is 154 Å². The van der Waals surface area contributed by atoms with E-state index in [0.717, 1.165) is 12.0 Å². The van der Waals surface area contributed by atoms with Crippen molar-refractivity contribution in [3.63, 3.8) is 0 Å². The van der Waals surface area contributed by atoms with Gasteiger partial charge in [0.05, 0.1) is 13.0 Å². The van der Waals surface area contributed by atoms with Gasteiger partial charge < -0.3 is 24.8 Å². The molecule has 1 unspecified atom stereocenters. The summed E-state index contributed by atoms with van der Waals surface area (Å²) in [6.45, 7) is 7.62. The Morgan fingerprint density at radius 1 is 1.19 bits per heavy atom. The smallest absolute Gasteiger partial charge is 0.407 e. The second kappa shape index (κ2) is 9.89. The molecule has 1 aromatic carbocycles. The summed E-state index contributed by atoms with van der Waals surface area (Å²) in [5.41, 5.74) is 0.852. The number of nitrogens with one attached hydrogen (secondary N) is 2. The highest BCUT2D eigenvalue weighted by Crippen LogP contribution is 2.30. The molecule has 0 radical (unpaired) electrons. The molecule has 2 rings (SSSR count). The van der Waals surface area contributed by atoms with Gasteiger partial charge in [0.25, 0.3) is 0 Å². The van der Waals surface area contributed by atoms with E-state index in [1.54, 1.807) is 6.92 Å². The minimum absolute atomic E-state index is 0.110. The van der Waals surface area contributed by atoms with E-state index >= 15 is 0 Å². The van der Waals surface area contributed by atoms with Crippen molar-refractivity contribution in [2.24, 2.45) is 5.92 Å². The van der Waals surface area contributed by atoms with Gasteiger partial charge in [0.2, 0.25) is 5.91 Å². The number of hydrogen-bond donors (Lipinski definition) is 2. The summed E-state index contributed by atoms with van der Waals surface area (Å²) in [5.74, 6) is 1.65. The van der Waals surface area contributed by atoms with Crippen LogP contribution in [0.2, 0.25) is 0 Å². The van der Waals surface area contributed by atoms with Crippen molar-refractivity contribution in [3.05, 3.63) is 23.8 Å². The Morgan fingerprint density at radius 2 is 1.92 bits per heavy atom. The van der Waals surface area contributed by atoms with Crippen molar-refractivity contribution in [2.45, 2.75) is 39.7 Å². The van der Waals surface area contributed by atoms with E-state index in [1.165, 1.54) is 0 Å². The standard InChI is InChI=1S/C19H28N2O5/c1-4-24-19(23)21-15(9-13(2)3)12-20-18(22)11-14-5-6-16-17(10-14)26-8-7-25-16/h5-6,10,13,15H,4,7-9,11-12H2,1-3H3,(H,20,22)(H,21,23). The lowest BCUT2D eigenvalue weighted by molar-refractivity contribution is -0.120. The fourth-order valence-corrected chi connectivity index (χ4v) is 2.78. The molecule has 0 fully saturated rings. The van der Waals surface area contributed by atoms with E-state index in [2.05, 4.69) is 24.5 Å². The van der Waals surface area contributed by atoms with Crippen molar-refractivity contribution >= 4 is 12.0 Å². The summed E-state index contributed by atoms with van der Waals surface area (Å²) < 4.78 is 15.9. The lowest BCUT2D eigenvalue weighted by Crippen LogP contribution is -2.44. The normalized spacial score (nSPS) is 13.8. The van der Waals surface area contributed by atoms with Gasteiger partial charge in [-0.15, -0.1) is 0 Å². The third kappa shape index (κ3) is 6.46. The van der Waals surface area contributed by atoms with Gasteiger partial charge in [0, 0.05) is 12.6 Å². The number of carbonyl (C=O) groups excluding carboxylic acids is 2. The van der Waals surface area contributed by atoms with Gasteiger partial charge in [-0.25, -0.2) is 4.79 Å². The van der Waals surface area contributed by atoms with Crippen molar-refractivity contribution in [1.82, 2.24) is 10.6 Å². The first kappa shape index (κ1) is 19.9. The maximum Gasteiger partial charge on any atom is 0.407 e. The summed E-state index contributed by atoms with van der Waals surface area (Å²) in [5, 5.41) is 5.68.